The van der Waals surface area contributed by atoms with Crippen molar-refractivity contribution in [2.45, 2.75) is 0 Å². The van der Waals surface area contributed by atoms with E-state index < -0.39 is 5.91 Å². The molecule has 6 nitrogen and oxygen atoms in total. The van der Waals surface area contributed by atoms with E-state index in [2.05, 4.69) is 34.4 Å². The van der Waals surface area contributed by atoms with Crippen LogP contribution in [-0.4, -0.2) is 32.0 Å². The molecule has 2 aromatic carbocycles. The molecule has 1 N–H and O–H groups in total. The summed E-state index contributed by atoms with van der Waals surface area (Å²) in [7, 11) is 0. The molecule has 130 valence electrons. The van der Waals surface area contributed by atoms with Gasteiger partial charge in [0.05, 0.1) is 11.1 Å². The van der Waals surface area contributed by atoms with E-state index >= 15 is 0 Å². The first-order chi connectivity index (χ1) is 13.2. The molecule has 0 unspecified atom stereocenters. The number of benzene rings is 2. The lowest BCUT2D eigenvalue weighted by Gasteiger charge is -2.20. The monoisotopic (exact) mass is 371 g/mol. The number of nitrogens with zero attached hydrogens (tertiary/aromatic N) is 4. The number of rotatable bonds is 2. The fourth-order valence-corrected chi connectivity index (χ4v) is 3.77. The van der Waals surface area contributed by atoms with Crippen molar-refractivity contribution in [3.05, 3.63) is 72.1 Å². The molecule has 0 saturated carbocycles. The van der Waals surface area contributed by atoms with Crippen LogP contribution in [0.15, 0.2) is 76.5 Å². The smallest absolute Gasteiger partial charge is 0.283 e. The van der Waals surface area contributed by atoms with Crippen molar-refractivity contribution in [2.75, 3.05) is 0 Å². The molecule has 0 atom stereocenters. The maximum absolute atomic E-state index is 12.4. The first-order valence-corrected chi connectivity index (χ1v) is 9.18. The topological polar surface area (TPSA) is 73.8 Å². The number of amidine groups is 2. The highest BCUT2D eigenvalue weighted by molar-refractivity contribution is 8.25. The zero-order valence-corrected chi connectivity index (χ0v) is 14.9. The van der Waals surface area contributed by atoms with Crippen molar-refractivity contribution in [1.82, 2.24) is 9.58 Å². The highest BCUT2D eigenvalue weighted by atomic mass is 32.2. The van der Waals surface area contributed by atoms with Crippen LogP contribution in [-0.2, 0) is 4.79 Å². The van der Waals surface area contributed by atoms with Crippen LogP contribution in [0.25, 0.3) is 22.5 Å². The van der Waals surface area contributed by atoms with Crippen molar-refractivity contribution in [1.29, 1.82) is 5.41 Å². The largest absolute Gasteiger partial charge is 0.317 e. The van der Waals surface area contributed by atoms with E-state index in [9.17, 15) is 4.79 Å². The van der Waals surface area contributed by atoms with Crippen molar-refractivity contribution in [3.8, 4) is 5.69 Å². The number of carbonyl (C=O) groups excluding carboxylic acids is 1. The Kier molecular flexibility index (Phi) is 3.54. The van der Waals surface area contributed by atoms with Crippen molar-refractivity contribution in [3.63, 3.8) is 0 Å². The summed E-state index contributed by atoms with van der Waals surface area (Å²) >= 11 is 1.24. The van der Waals surface area contributed by atoms with Gasteiger partial charge < -0.3 is 4.57 Å². The molecule has 0 aliphatic carbocycles. The Morgan fingerprint density at radius 3 is 2.78 bits per heavy atom. The first kappa shape index (κ1) is 15.8. The van der Waals surface area contributed by atoms with E-state index in [1.807, 2.05) is 41.1 Å². The maximum Gasteiger partial charge on any atom is 0.283 e. The lowest BCUT2D eigenvalue weighted by molar-refractivity contribution is -0.114. The standard InChI is InChI=1S/C20H13N5OS/c21-18-17(19(26)23-20-25(18)22-12-27-20)11-15-6-3-9-24(15)16-8-7-13-4-1-2-5-14(13)10-16/h1-12,21H. The summed E-state index contributed by atoms with van der Waals surface area (Å²) in [5.41, 5.74) is 3.58. The number of hydrogen-bond donors (Lipinski definition) is 1. The molecule has 2 aliphatic heterocycles. The van der Waals surface area contributed by atoms with E-state index in [-0.39, 0.29) is 11.4 Å². The average molecular weight is 371 g/mol. The minimum atomic E-state index is -0.421. The lowest BCUT2D eigenvalue weighted by atomic mass is 10.1. The summed E-state index contributed by atoms with van der Waals surface area (Å²) in [5.74, 6) is -0.381. The Labute approximate surface area is 159 Å². The molecule has 27 heavy (non-hydrogen) atoms. The SMILES string of the molecule is N=C1C(=Cc2cccn2-c2ccc3ccccc3c2)C(=O)N=C2SC=NN12. The molecule has 1 aromatic heterocycles. The number of hydrogen-bond acceptors (Lipinski definition) is 4. The zero-order valence-electron chi connectivity index (χ0n) is 14.0. The van der Waals surface area contributed by atoms with Gasteiger partial charge in [-0.1, -0.05) is 30.3 Å². The number of nitrogens with one attached hydrogen (secondary N) is 1. The molecular weight excluding hydrogens is 358 g/mol. The van der Waals surface area contributed by atoms with Gasteiger partial charge in [-0.15, -0.1) is 0 Å². The minimum Gasteiger partial charge on any atom is -0.317 e. The van der Waals surface area contributed by atoms with Crippen LogP contribution in [0.5, 0.6) is 0 Å². The predicted molar refractivity (Wildman–Crippen MR) is 109 cm³/mol. The predicted octanol–water partition coefficient (Wildman–Crippen LogP) is 3.88. The summed E-state index contributed by atoms with van der Waals surface area (Å²) in [4.78, 5) is 16.4. The summed E-state index contributed by atoms with van der Waals surface area (Å²) < 4.78 is 1.99. The van der Waals surface area contributed by atoms with Gasteiger partial charge in [0.25, 0.3) is 5.91 Å². The van der Waals surface area contributed by atoms with Gasteiger partial charge in [0, 0.05) is 17.6 Å². The van der Waals surface area contributed by atoms with Crippen LogP contribution in [0.1, 0.15) is 5.69 Å². The summed E-state index contributed by atoms with van der Waals surface area (Å²) in [6, 6.07) is 18.2. The molecule has 0 fully saturated rings. The number of aliphatic imine (C=N–C) groups is 1. The van der Waals surface area contributed by atoms with Crippen LogP contribution in [0.4, 0.5) is 0 Å². The van der Waals surface area contributed by atoms with Gasteiger partial charge in [0.1, 0.15) is 0 Å². The van der Waals surface area contributed by atoms with Crippen molar-refractivity contribution in [2.24, 2.45) is 10.1 Å². The average Bonchev–Trinajstić information content (AvgIpc) is 3.34. The van der Waals surface area contributed by atoms with E-state index in [0.29, 0.717) is 5.17 Å². The van der Waals surface area contributed by atoms with E-state index in [0.717, 1.165) is 16.8 Å². The van der Waals surface area contributed by atoms with Crippen LogP contribution in [0.3, 0.4) is 0 Å². The number of carbonyl (C=O) groups is 1. The number of hydrazone groups is 1. The van der Waals surface area contributed by atoms with Crippen LogP contribution < -0.4 is 0 Å². The Balaban J connectivity index is 1.59. The second kappa shape index (κ2) is 6.07. The second-order valence-electron chi connectivity index (χ2n) is 6.09. The van der Waals surface area contributed by atoms with Crippen LogP contribution >= 0.6 is 11.8 Å². The summed E-state index contributed by atoms with van der Waals surface area (Å²) in [6.45, 7) is 0. The first-order valence-electron chi connectivity index (χ1n) is 8.30. The van der Waals surface area contributed by atoms with Crippen LogP contribution in [0.2, 0.25) is 0 Å². The molecule has 0 radical (unpaired) electrons. The van der Waals surface area contributed by atoms with Crippen molar-refractivity contribution < 1.29 is 4.79 Å². The Morgan fingerprint density at radius 1 is 1.04 bits per heavy atom. The quantitative estimate of drug-likeness (QED) is 0.695. The van der Waals surface area contributed by atoms with E-state index in [1.165, 1.54) is 22.2 Å². The fraction of sp³-hybridized carbons (Fsp3) is 0. The van der Waals surface area contributed by atoms with Gasteiger partial charge in [0.15, 0.2) is 11.0 Å². The molecule has 7 heteroatoms. The molecular formula is C20H13N5OS. The Bertz CT molecular complexity index is 1200. The Morgan fingerprint density at radius 2 is 1.89 bits per heavy atom. The number of aromatic nitrogens is 1. The van der Waals surface area contributed by atoms with Gasteiger partial charge in [0.2, 0.25) is 0 Å². The number of amides is 1. The van der Waals surface area contributed by atoms with Gasteiger partial charge in [-0.2, -0.15) is 15.1 Å². The third-order valence-electron chi connectivity index (χ3n) is 4.48. The minimum absolute atomic E-state index is 0.0394. The van der Waals surface area contributed by atoms with Gasteiger partial charge in [-0.25, -0.2) is 0 Å². The van der Waals surface area contributed by atoms with Gasteiger partial charge in [-0.05, 0) is 52.9 Å². The van der Waals surface area contributed by atoms with Crippen LogP contribution in [0, 0.1) is 5.41 Å². The van der Waals surface area contributed by atoms with Gasteiger partial charge >= 0.3 is 0 Å². The van der Waals surface area contributed by atoms with Crippen molar-refractivity contribution >= 4 is 51.1 Å². The number of thioether (sulfide) groups is 1. The number of fused-ring (bicyclic) bond motifs is 2. The zero-order chi connectivity index (χ0) is 18.4. The lowest BCUT2D eigenvalue weighted by Crippen LogP contribution is -2.35. The second-order valence-corrected chi connectivity index (χ2v) is 6.90. The fourth-order valence-electron chi connectivity index (χ4n) is 3.16. The maximum atomic E-state index is 12.4. The highest BCUT2D eigenvalue weighted by Crippen LogP contribution is 2.26. The summed E-state index contributed by atoms with van der Waals surface area (Å²) in [5, 5.41) is 16.5. The molecule has 3 heterocycles. The molecule has 0 saturated heterocycles. The Hall–Kier alpha value is -3.45. The summed E-state index contributed by atoms with van der Waals surface area (Å²) in [6.07, 6.45) is 3.63. The molecule has 0 spiro atoms. The normalized spacial score (nSPS) is 17.7. The third kappa shape index (κ3) is 2.60. The van der Waals surface area contributed by atoms with Gasteiger partial charge in [-0.3, -0.25) is 10.2 Å². The molecule has 1 amide bonds. The van der Waals surface area contributed by atoms with E-state index in [4.69, 9.17) is 5.41 Å². The highest BCUT2D eigenvalue weighted by Gasteiger charge is 2.32. The molecule has 5 rings (SSSR count). The van der Waals surface area contributed by atoms with E-state index in [1.54, 1.807) is 11.6 Å². The molecule has 0 bridgehead atoms. The molecule has 3 aromatic rings. The molecule has 2 aliphatic rings. The third-order valence-corrected chi connectivity index (χ3v) is 5.15.